The highest BCUT2D eigenvalue weighted by Crippen LogP contribution is 2.21. The van der Waals surface area contributed by atoms with Crippen molar-refractivity contribution in [2.24, 2.45) is 5.92 Å². The van der Waals surface area contributed by atoms with E-state index in [2.05, 4.69) is 41.4 Å². The number of carbonyl (C=O) groups is 1. The Morgan fingerprint density at radius 3 is 2.52 bits per heavy atom. The van der Waals surface area contributed by atoms with Crippen molar-refractivity contribution >= 4 is 23.2 Å². The molecular weight excluding hydrogens is 356 g/mol. The Labute approximate surface area is 167 Å². The predicted octanol–water partition coefficient (Wildman–Crippen LogP) is 5.53. The summed E-state index contributed by atoms with van der Waals surface area (Å²) >= 11 is 5.96. The van der Waals surface area contributed by atoms with Crippen LogP contribution in [0.2, 0.25) is 5.02 Å². The lowest BCUT2D eigenvalue weighted by molar-refractivity contribution is -0.121. The Hall–Kier alpha value is -1.84. The van der Waals surface area contributed by atoms with Gasteiger partial charge in [-0.25, -0.2) is 0 Å². The van der Waals surface area contributed by atoms with Crippen molar-refractivity contribution in [1.29, 1.82) is 0 Å². The molecule has 2 aromatic carbocycles. The predicted molar refractivity (Wildman–Crippen MR) is 113 cm³/mol. The summed E-state index contributed by atoms with van der Waals surface area (Å²) in [6.45, 7) is 4.92. The molecule has 0 saturated carbocycles. The second-order valence-corrected chi connectivity index (χ2v) is 7.93. The van der Waals surface area contributed by atoms with Crippen LogP contribution in [0.15, 0.2) is 48.5 Å². The van der Waals surface area contributed by atoms with E-state index in [0.717, 1.165) is 49.6 Å². The normalized spacial score (nSPS) is 17.6. The minimum Gasteiger partial charge on any atom is -0.326 e. The number of rotatable bonds is 7. The van der Waals surface area contributed by atoms with Gasteiger partial charge in [0.05, 0.1) is 5.92 Å². The molecule has 1 amide bonds. The molecule has 1 aliphatic rings. The number of carbonyl (C=O) groups excluding carboxylic acids is 1. The van der Waals surface area contributed by atoms with Crippen LogP contribution in [-0.4, -0.2) is 23.9 Å². The van der Waals surface area contributed by atoms with Crippen LogP contribution in [0.3, 0.4) is 0 Å². The molecule has 0 aliphatic carbocycles. The van der Waals surface area contributed by atoms with E-state index in [4.69, 9.17) is 11.6 Å². The third-order valence-electron chi connectivity index (χ3n) is 5.24. The Morgan fingerprint density at radius 2 is 1.81 bits per heavy atom. The Kier molecular flexibility index (Phi) is 7.31. The molecule has 0 radical (unpaired) electrons. The molecule has 0 unspecified atom stereocenters. The van der Waals surface area contributed by atoms with E-state index in [1.807, 2.05) is 24.3 Å². The number of nitrogens with zero attached hydrogens (tertiary/aromatic N) is 1. The van der Waals surface area contributed by atoms with Gasteiger partial charge >= 0.3 is 0 Å². The van der Waals surface area contributed by atoms with Crippen molar-refractivity contribution in [2.75, 3.05) is 18.4 Å². The maximum Gasteiger partial charge on any atom is 0.228 e. The Bertz CT molecular complexity index is 727. The summed E-state index contributed by atoms with van der Waals surface area (Å²) < 4.78 is 0. The summed E-state index contributed by atoms with van der Waals surface area (Å²) in [4.78, 5) is 15.1. The first-order valence-electron chi connectivity index (χ1n) is 10.0. The number of aryl methyl sites for hydroxylation is 1. The van der Waals surface area contributed by atoms with Crippen molar-refractivity contribution in [2.45, 2.75) is 45.6 Å². The average Bonchev–Trinajstić information content (AvgIpc) is 2.69. The maximum absolute atomic E-state index is 12.7. The summed E-state index contributed by atoms with van der Waals surface area (Å²) in [6.07, 6.45) is 5.52. The van der Waals surface area contributed by atoms with Crippen LogP contribution in [0.4, 0.5) is 5.69 Å². The van der Waals surface area contributed by atoms with Crippen LogP contribution < -0.4 is 5.32 Å². The summed E-state index contributed by atoms with van der Waals surface area (Å²) in [5, 5.41) is 3.86. The monoisotopic (exact) mass is 384 g/mol. The molecule has 4 heteroatoms. The van der Waals surface area contributed by atoms with E-state index in [9.17, 15) is 4.79 Å². The summed E-state index contributed by atoms with van der Waals surface area (Å²) in [6, 6.07) is 16.3. The maximum atomic E-state index is 12.7. The van der Waals surface area contributed by atoms with Crippen LogP contribution in [0.25, 0.3) is 0 Å². The molecule has 1 saturated heterocycles. The van der Waals surface area contributed by atoms with E-state index in [-0.39, 0.29) is 11.8 Å². The zero-order valence-electron chi connectivity index (χ0n) is 16.1. The molecule has 1 N–H and O–H groups in total. The van der Waals surface area contributed by atoms with Crippen LogP contribution in [0, 0.1) is 5.92 Å². The molecule has 3 nitrogen and oxygen atoms in total. The van der Waals surface area contributed by atoms with Crippen molar-refractivity contribution in [3.05, 3.63) is 64.7 Å². The minimum absolute atomic E-state index is 0.0471. The zero-order valence-corrected chi connectivity index (χ0v) is 16.8. The molecular formula is C23H29ClN2O. The summed E-state index contributed by atoms with van der Waals surface area (Å²) in [5.74, 6) is 0.183. The lowest BCUT2D eigenvalue weighted by atomic mass is 9.96. The van der Waals surface area contributed by atoms with Gasteiger partial charge in [0.15, 0.2) is 0 Å². The second-order valence-electron chi connectivity index (χ2n) is 7.49. The lowest BCUT2D eigenvalue weighted by Gasteiger charge is -2.32. The van der Waals surface area contributed by atoms with Gasteiger partial charge in [-0.2, -0.15) is 0 Å². The molecule has 0 spiro atoms. The van der Waals surface area contributed by atoms with E-state index in [1.54, 1.807) is 0 Å². The third kappa shape index (κ3) is 6.08. The van der Waals surface area contributed by atoms with E-state index < -0.39 is 0 Å². The van der Waals surface area contributed by atoms with Gasteiger partial charge in [0.25, 0.3) is 0 Å². The first-order chi connectivity index (χ1) is 13.1. The number of halogens is 1. The number of hydrogen-bond acceptors (Lipinski definition) is 2. The van der Waals surface area contributed by atoms with E-state index in [1.165, 1.54) is 24.0 Å². The van der Waals surface area contributed by atoms with Gasteiger partial charge in [-0.05, 0) is 67.6 Å². The molecule has 3 rings (SSSR count). The highest BCUT2D eigenvalue weighted by Gasteiger charge is 2.25. The molecule has 1 aliphatic heterocycles. The quantitative estimate of drug-likeness (QED) is 0.680. The highest BCUT2D eigenvalue weighted by molar-refractivity contribution is 6.30. The van der Waals surface area contributed by atoms with Gasteiger partial charge in [0, 0.05) is 23.8 Å². The Balaban J connectivity index is 1.52. The number of anilines is 1. The van der Waals surface area contributed by atoms with Crippen LogP contribution >= 0.6 is 11.6 Å². The van der Waals surface area contributed by atoms with Crippen molar-refractivity contribution in [3.63, 3.8) is 0 Å². The molecule has 1 atom stereocenters. The number of hydrogen-bond donors (Lipinski definition) is 1. The van der Waals surface area contributed by atoms with Gasteiger partial charge in [0.1, 0.15) is 0 Å². The second kappa shape index (κ2) is 9.91. The molecule has 0 aromatic heterocycles. The van der Waals surface area contributed by atoms with Gasteiger partial charge < -0.3 is 5.32 Å². The van der Waals surface area contributed by atoms with Crippen LogP contribution in [0.1, 0.15) is 43.7 Å². The average molecular weight is 385 g/mol. The molecule has 1 fully saturated rings. The summed E-state index contributed by atoms with van der Waals surface area (Å²) in [7, 11) is 0. The number of nitrogens with one attached hydrogen (secondary N) is 1. The number of amides is 1. The first-order valence-corrected chi connectivity index (χ1v) is 10.4. The smallest absolute Gasteiger partial charge is 0.228 e. The first kappa shape index (κ1) is 19.9. The van der Waals surface area contributed by atoms with Crippen LogP contribution in [0.5, 0.6) is 0 Å². The number of benzene rings is 2. The zero-order chi connectivity index (χ0) is 19.1. The number of likely N-dealkylation sites (tertiary alicyclic amines) is 1. The SMILES string of the molecule is CCCCc1ccc(NC(=O)[C@@H]2CCCN(Cc3ccc(Cl)cc3)C2)cc1. The molecule has 0 bridgehead atoms. The van der Waals surface area contributed by atoms with Crippen LogP contribution in [-0.2, 0) is 17.8 Å². The minimum atomic E-state index is 0.0471. The molecule has 2 aromatic rings. The molecule has 1 heterocycles. The van der Waals surface area contributed by atoms with E-state index >= 15 is 0 Å². The number of piperidine rings is 1. The fourth-order valence-corrected chi connectivity index (χ4v) is 3.77. The Morgan fingerprint density at radius 1 is 1.11 bits per heavy atom. The molecule has 144 valence electrons. The van der Waals surface area contributed by atoms with Gasteiger partial charge in [-0.3, -0.25) is 9.69 Å². The molecule has 27 heavy (non-hydrogen) atoms. The van der Waals surface area contributed by atoms with Gasteiger partial charge in [-0.15, -0.1) is 0 Å². The number of unbranched alkanes of at least 4 members (excludes halogenated alkanes) is 1. The van der Waals surface area contributed by atoms with E-state index in [0.29, 0.717) is 0 Å². The fourth-order valence-electron chi connectivity index (χ4n) is 3.64. The van der Waals surface area contributed by atoms with Gasteiger partial charge in [0.2, 0.25) is 5.91 Å². The van der Waals surface area contributed by atoms with Gasteiger partial charge in [-0.1, -0.05) is 49.2 Å². The highest BCUT2D eigenvalue weighted by atomic mass is 35.5. The van der Waals surface area contributed by atoms with Crippen molar-refractivity contribution < 1.29 is 4.79 Å². The topological polar surface area (TPSA) is 32.3 Å². The lowest BCUT2D eigenvalue weighted by Crippen LogP contribution is -2.40. The van der Waals surface area contributed by atoms with Crippen molar-refractivity contribution in [3.8, 4) is 0 Å². The largest absolute Gasteiger partial charge is 0.326 e. The third-order valence-corrected chi connectivity index (χ3v) is 5.49. The summed E-state index contributed by atoms with van der Waals surface area (Å²) in [5.41, 5.74) is 3.47. The standard InChI is InChI=1S/C23H29ClN2O/c1-2-3-5-18-9-13-22(14-10-18)25-23(27)20-6-4-15-26(17-20)16-19-7-11-21(24)12-8-19/h7-14,20H,2-6,15-17H2,1H3,(H,25,27)/t20-/m1/s1. The fraction of sp³-hybridized carbons (Fsp3) is 0.435. The van der Waals surface area contributed by atoms with Crippen molar-refractivity contribution in [1.82, 2.24) is 4.90 Å².